The molecule has 0 N–H and O–H groups in total. The van der Waals surface area contributed by atoms with E-state index < -0.39 is 0 Å². The predicted octanol–water partition coefficient (Wildman–Crippen LogP) is 17.7. The number of benzene rings is 7. The van der Waals surface area contributed by atoms with Gasteiger partial charge in [-0.25, -0.2) is 0 Å². The summed E-state index contributed by atoms with van der Waals surface area (Å²) in [6.07, 6.45) is 7.06. The average molecular weight is 973 g/mol. The minimum absolute atomic E-state index is 0.0306. The molecule has 3 heterocycles. The second-order valence-corrected chi connectivity index (χ2v) is 28.6. The number of para-hydroxylation sites is 1. The first-order valence-electron chi connectivity index (χ1n) is 28.1. The third-order valence-corrected chi connectivity index (χ3v) is 19.8. The summed E-state index contributed by atoms with van der Waals surface area (Å²) in [6.45, 7) is 37.1. The Labute approximate surface area is 442 Å². The molecule has 0 saturated heterocycles. The van der Waals surface area contributed by atoms with E-state index in [9.17, 15) is 0 Å². The van der Waals surface area contributed by atoms with Crippen LogP contribution in [0, 0.1) is 0 Å². The molecular formula is C70H77BN2O. The Bertz CT molecular complexity index is 3680. The van der Waals surface area contributed by atoms with Gasteiger partial charge in [0.2, 0.25) is 0 Å². The van der Waals surface area contributed by atoms with Crippen molar-refractivity contribution in [2.45, 2.75) is 180 Å². The van der Waals surface area contributed by atoms with Gasteiger partial charge in [-0.1, -0.05) is 165 Å². The fraction of sp³-hybridized carbons (Fsp3) is 0.400. The van der Waals surface area contributed by atoms with Crippen molar-refractivity contribution < 1.29 is 4.42 Å². The van der Waals surface area contributed by atoms with E-state index in [1.165, 1.54) is 138 Å². The highest BCUT2D eigenvalue weighted by Gasteiger charge is 2.49. The molecule has 376 valence electrons. The van der Waals surface area contributed by atoms with Gasteiger partial charge in [0.1, 0.15) is 11.2 Å². The molecule has 0 unspecified atom stereocenters. The van der Waals surface area contributed by atoms with Gasteiger partial charge in [-0.15, -0.1) is 0 Å². The van der Waals surface area contributed by atoms with Gasteiger partial charge in [-0.2, -0.15) is 0 Å². The Morgan fingerprint density at radius 1 is 0.419 bits per heavy atom. The second-order valence-electron chi connectivity index (χ2n) is 28.6. The van der Waals surface area contributed by atoms with Crippen LogP contribution in [0.25, 0.3) is 33.1 Å². The third kappa shape index (κ3) is 6.90. The van der Waals surface area contributed by atoms with Crippen LogP contribution in [0.5, 0.6) is 0 Å². The fourth-order valence-electron chi connectivity index (χ4n) is 14.6. The standard InChI is InChI=1S/C70H77BN2O/c1-64(2,3)43-35-58-63-59(36-43)73(45-27-28-48-49(37-45)66(6,7)30-29-65(48,4)5)57-41-53-51(68(10,11)32-34-70(53,14)15)39-55(57)71(63)54-38-50-52(69(12,13)33-31-67(50,8)9)40-56(54)72(58)44-25-23-42(24-26-44)46-20-18-22-61-62(46)47-19-16-17-21-60(47)74-61/h16-28,35-41H,29-34H2,1-15H3. The molecule has 4 heteroatoms. The molecule has 0 amide bonds. The van der Waals surface area contributed by atoms with Gasteiger partial charge in [0.25, 0.3) is 6.71 Å². The smallest absolute Gasteiger partial charge is 0.252 e. The summed E-state index contributed by atoms with van der Waals surface area (Å²) < 4.78 is 6.42. The monoisotopic (exact) mass is 973 g/mol. The molecule has 0 spiro atoms. The van der Waals surface area contributed by atoms with Crippen LogP contribution in [0.4, 0.5) is 34.1 Å². The average Bonchev–Trinajstić information content (AvgIpc) is 3.77. The molecule has 7 aromatic carbocycles. The summed E-state index contributed by atoms with van der Waals surface area (Å²) in [5, 5.41) is 2.33. The first-order chi connectivity index (χ1) is 34.8. The fourth-order valence-corrected chi connectivity index (χ4v) is 14.6. The molecule has 8 aromatic rings. The Balaban J connectivity index is 1.13. The molecule has 3 nitrogen and oxygen atoms in total. The normalized spacial score (nSPS) is 20.1. The SMILES string of the molecule is CC(C)(C)c1cc2c3c(c1)N(c1ccc4c(c1)C(C)(C)CCC4(C)C)c1cc4c(cc1B3c1cc3c(cc1N2c1ccc(-c2cccc5oc6ccccc6c25)cc1)C(C)(C)CCC3(C)C)C(C)(C)CCC4(C)C. The second kappa shape index (κ2) is 15.3. The van der Waals surface area contributed by atoms with Gasteiger partial charge in [0, 0.05) is 44.9 Å². The number of fused-ring (bicyclic) bond motifs is 10. The maximum absolute atomic E-state index is 6.42. The van der Waals surface area contributed by atoms with Crippen molar-refractivity contribution in [2.75, 3.05) is 9.80 Å². The van der Waals surface area contributed by atoms with Crippen LogP contribution >= 0.6 is 0 Å². The Morgan fingerprint density at radius 3 is 1.39 bits per heavy atom. The van der Waals surface area contributed by atoms with Crippen LogP contribution < -0.4 is 26.2 Å². The lowest BCUT2D eigenvalue weighted by atomic mass is 9.32. The molecule has 0 radical (unpaired) electrons. The summed E-state index contributed by atoms with van der Waals surface area (Å²) >= 11 is 0. The first kappa shape index (κ1) is 47.7. The topological polar surface area (TPSA) is 19.6 Å². The molecule has 1 aromatic heterocycles. The zero-order chi connectivity index (χ0) is 52.0. The Hall–Kier alpha value is -6.00. The maximum Gasteiger partial charge on any atom is 0.252 e. The van der Waals surface area contributed by atoms with E-state index in [4.69, 9.17) is 4.42 Å². The van der Waals surface area contributed by atoms with E-state index in [2.05, 4.69) is 235 Å². The number of hydrogen-bond acceptors (Lipinski definition) is 3. The van der Waals surface area contributed by atoms with Gasteiger partial charge in [0.15, 0.2) is 0 Å². The van der Waals surface area contributed by atoms with Gasteiger partial charge >= 0.3 is 0 Å². The summed E-state index contributed by atoms with van der Waals surface area (Å²) in [4.78, 5) is 5.42. The lowest BCUT2D eigenvalue weighted by Gasteiger charge is -2.49. The third-order valence-electron chi connectivity index (χ3n) is 19.8. The minimum Gasteiger partial charge on any atom is -0.456 e. The predicted molar refractivity (Wildman–Crippen MR) is 318 cm³/mol. The van der Waals surface area contributed by atoms with E-state index in [0.717, 1.165) is 23.0 Å². The van der Waals surface area contributed by atoms with Crippen molar-refractivity contribution >= 4 is 79.2 Å². The van der Waals surface area contributed by atoms with E-state index >= 15 is 0 Å². The zero-order valence-electron chi connectivity index (χ0n) is 47.2. The molecule has 74 heavy (non-hydrogen) atoms. The van der Waals surface area contributed by atoms with Crippen molar-refractivity contribution in [2.24, 2.45) is 0 Å². The molecular weight excluding hydrogens is 896 g/mol. The van der Waals surface area contributed by atoms with Gasteiger partial charge in [0.05, 0.1) is 0 Å². The highest BCUT2D eigenvalue weighted by atomic mass is 16.3. The lowest BCUT2D eigenvalue weighted by molar-refractivity contribution is 0.332. The molecule has 13 rings (SSSR count). The molecule has 0 fully saturated rings. The zero-order valence-corrected chi connectivity index (χ0v) is 47.2. The molecule has 5 aliphatic rings. The van der Waals surface area contributed by atoms with Crippen molar-refractivity contribution in [3.63, 3.8) is 0 Å². The highest BCUT2D eigenvalue weighted by molar-refractivity contribution is 7.00. The van der Waals surface area contributed by atoms with Gasteiger partial charge < -0.3 is 14.2 Å². The highest BCUT2D eigenvalue weighted by Crippen LogP contribution is 2.55. The number of hydrogen-bond donors (Lipinski definition) is 0. The van der Waals surface area contributed by atoms with E-state index in [0.29, 0.717) is 0 Å². The maximum atomic E-state index is 6.42. The van der Waals surface area contributed by atoms with E-state index in [1.54, 1.807) is 0 Å². The number of rotatable bonds is 3. The molecule has 0 saturated carbocycles. The summed E-state index contributed by atoms with van der Waals surface area (Å²) in [6, 6.07) is 48.1. The van der Waals surface area contributed by atoms with Crippen molar-refractivity contribution in [1.82, 2.24) is 0 Å². The molecule has 3 aliphatic carbocycles. The lowest BCUT2D eigenvalue weighted by Crippen LogP contribution is -2.62. The molecule has 0 bridgehead atoms. The van der Waals surface area contributed by atoms with Crippen molar-refractivity contribution in [3.05, 3.63) is 160 Å². The Morgan fingerprint density at radius 2 is 0.865 bits per heavy atom. The Kier molecular flexibility index (Phi) is 9.88. The molecule has 2 aliphatic heterocycles. The summed E-state index contributed by atoms with van der Waals surface area (Å²) in [5.74, 6) is 0. The number of anilines is 6. The minimum atomic E-state index is -0.125. The van der Waals surface area contributed by atoms with Crippen LogP contribution in [0.1, 0.15) is 181 Å². The van der Waals surface area contributed by atoms with Crippen LogP contribution in [0.3, 0.4) is 0 Å². The first-order valence-corrected chi connectivity index (χ1v) is 28.1. The van der Waals surface area contributed by atoms with E-state index in [1.807, 2.05) is 0 Å². The number of furan rings is 1. The summed E-state index contributed by atoms with van der Waals surface area (Å²) in [7, 11) is 0. The van der Waals surface area contributed by atoms with Crippen LogP contribution in [-0.2, 0) is 37.9 Å². The van der Waals surface area contributed by atoms with Crippen molar-refractivity contribution in [3.8, 4) is 11.1 Å². The molecule has 0 atom stereocenters. The van der Waals surface area contributed by atoms with E-state index in [-0.39, 0.29) is 44.6 Å². The van der Waals surface area contributed by atoms with Gasteiger partial charge in [-0.05, 0) is 204 Å². The van der Waals surface area contributed by atoms with Crippen LogP contribution in [-0.4, -0.2) is 6.71 Å². The van der Waals surface area contributed by atoms with Crippen LogP contribution in [0.2, 0.25) is 0 Å². The number of nitrogens with zero attached hydrogens (tertiary/aromatic N) is 2. The van der Waals surface area contributed by atoms with Crippen LogP contribution in [0.15, 0.2) is 126 Å². The van der Waals surface area contributed by atoms with Crippen molar-refractivity contribution in [1.29, 1.82) is 0 Å². The largest absolute Gasteiger partial charge is 0.456 e. The quantitative estimate of drug-likeness (QED) is 0.165. The van der Waals surface area contributed by atoms with Gasteiger partial charge in [-0.3, -0.25) is 0 Å². The summed E-state index contributed by atoms with van der Waals surface area (Å²) in [5.41, 5.74) is 26.8.